The SMILES string of the molecule is Cc1cccc(OCc2ccc(Br)o2)c1F. The lowest BCUT2D eigenvalue weighted by atomic mass is 10.2. The molecule has 0 atom stereocenters. The predicted octanol–water partition coefficient (Wildman–Crippen LogP) is 4.07. The molecule has 1 aromatic carbocycles. The van der Waals surface area contributed by atoms with Crippen molar-refractivity contribution in [3.8, 4) is 5.75 Å². The molecule has 2 rings (SSSR count). The lowest BCUT2D eigenvalue weighted by Gasteiger charge is -2.06. The van der Waals surface area contributed by atoms with E-state index in [0.29, 0.717) is 16.0 Å². The normalized spacial score (nSPS) is 10.4. The summed E-state index contributed by atoms with van der Waals surface area (Å²) in [5.41, 5.74) is 0.568. The smallest absolute Gasteiger partial charge is 0.169 e. The summed E-state index contributed by atoms with van der Waals surface area (Å²) in [6.45, 7) is 1.91. The molecule has 0 aliphatic carbocycles. The molecule has 0 fully saturated rings. The standard InChI is InChI=1S/C12H10BrFO2/c1-8-3-2-4-10(12(8)14)15-7-9-5-6-11(13)16-9/h2-6H,7H2,1H3. The van der Waals surface area contributed by atoms with Crippen LogP contribution in [0.4, 0.5) is 4.39 Å². The van der Waals surface area contributed by atoms with Crippen LogP contribution in [0.2, 0.25) is 0 Å². The van der Waals surface area contributed by atoms with Gasteiger partial charge in [0.15, 0.2) is 16.2 Å². The van der Waals surface area contributed by atoms with Gasteiger partial charge in [-0.15, -0.1) is 0 Å². The maximum atomic E-state index is 13.5. The summed E-state index contributed by atoms with van der Waals surface area (Å²) >= 11 is 3.19. The number of hydrogen-bond acceptors (Lipinski definition) is 2. The van der Waals surface area contributed by atoms with E-state index >= 15 is 0 Å². The van der Waals surface area contributed by atoms with Crippen LogP contribution >= 0.6 is 15.9 Å². The fraction of sp³-hybridized carbons (Fsp3) is 0.167. The van der Waals surface area contributed by atoms with Gasteiger partial charge >= 0.3 is 0 Å². The molecule has 2 aromatic rings. The zero-order valence-corrected chi connectivity index (χ0v) is 10.3. The van der Waals surface area contributed by atoms with Gasteiger partial charge in [-0.25, -0.2) is 4.39 Å². The number of hydrogen-bond donors (Lipinski definition) is 0. The van der Waals surface area contributed by atoms with Crippen molar-refractivity contribution in [2.75, 3.05) is 0 Å². The number of ether oxygens (including phenoxy) is 1. The minimum Gasteiger partial charge on any atom is -0.483 e. The third kappa shape index (κ3) is 2.44. The van der Waals surface area contributed by atoms with E-state index in [1.54, 1.807) is 37.3 Å². The number of halogens is 2. The maximum Gasteiger partial charge on any atom is 0.169 e. The maximum absolute atomic E-state index is 13.5. The highest BCUT2D eigenvalue weighted by Gasteiger charge is 2.07. The van der Waals surface area contributed by atoms with Gasteiger partial charge in [0.2, 0.25) is 0 Å². The molecule has 0 bridgehead atoms. The Morgan fingerprint density at radius 2 is 2.12 bits per heavy atom. The van der Waals surface area contributed by atoms with Crippen LogP contribution in [-0.2, 0) is 6.61 Å². The second-order valence-corrected chi connectivity index (χ2v) is 4.16. The van der Waals surface area contributed by atoms with Crippen molar-refractivity contribution in [3.63, 3.8) is 0 Å². The molecule has 0 N–H and O–H groups in total. The van der Waals surface area contributed by atoms with Gasteiger partial charge in [0.25, 0.3) is 0 Å². The van der Waals surface area contributed by atoms with Crippen molar-refractivity contribution in [1.82, 2.24) is 0 Å². The van der Waals surface area contributed by atoms with Gasteiger partial charge in [-0.3, -0.25) is 0 Å². The van der Waals surface area contributed by atoms with E-state index in [2.05, 4.69) is 15.9 Å². The summed E-state index contributed by atoms with van der Waals surface area (Å²) in [5.74, 6) is 0.563. The largest absolute Gasteiger partial charge is 0.483 e. The van der Waals surface area contributed by atoms with Crippen molar-refractivity contribution in [2.45, 2.75) is 13.5 Å². The molecular formula is C12H10BrFO2. The summed E-state index contributed by atoms with van der Waals surface area (Å²) in [6.07, 6.45) is 0. The minimum absolute atomic E-state index is 0.214. The van der Waals surface area contributed by atoms with Crippen molar-refractivity contribution < 1.29 is 13.5 Å². The van der Waals surface area contributed by atoms with Crippen LogP contribution in [-0.4, -0.2) is 0 Å². The molecule has 4 heteroatoms. The fourth-order valence-electron chi connectivity index (χ4n) is 1.31. The average Bonchev–Trinajstić information content (AvgIpc) is 2.67. The molecule has 0 aliphatic heterocycles. The van der Waals surface area contributed by atoms with Gasteiger partial charge in [-0.1, -0.05) is 12.1 Å². The number of furan rings is 1. The minimum atomic E-state index is -0.326. The Morgan fingerprint density at radius 3 is 2.81 bits per heavy atom. The molecule has 0 saturated heterocycles. The average molecular weight is 285 g/mol. The predicted molar refractivity (Wildman–Crippen MR) is 61.9 cm³/mol. The third-order valence-electron chi connectivity index (χ3n) is 2.16. The van der Waals surface area contributed by atoms with Crippen LogP contribution in [0.3, 0.4) is 0 Å². The van der Waals surface area contributed by atoms with E-state index in [4.69, 9.17) is 9.15 Å². The molecule has 0 radical (unpaired) electrons. The zero-order chi connectivity index (χ0) is 11.5. The van der Waals surface area contributed by atoms with Crippen molar-refractivity contribution in [2.24, 2.45) is 0 Å². The summed E-state index contributed by atoms with van der Waals surface area (Å²) in [4.78, 5) is 0. The summed E-state index contributed by atoms with van der Waals surface area (Å²) in [5, 5.41) is 0. The Balaban J connectivity index is 2.07. The second-order valence-electron chi connectivity index (χ2n) is 3.38. The molecule has 1 aromatic heterocycles. The van der Waals surface area contributed by atoms with E-state index < -0.39 is 0 Å². The number of rotatable bonds is 3. The van der Waals surface area contributed by atoms with Crippen molar-refractivity contribution >= 4 is 15.9 Å². The van der Waals surface area contributed by atoms with Crippen molar-refractivity contribution in [1.29, 1.82) is 0 Å². The van der Waals surface area contributed by atoms with E-state index in [9.17, 15) is 4.39 Å². The fourth-order valence-corrected chi connectivity index (χ4v) is 1.65. The summed E-state index contributed by atoms with van der Waals surface area (Å²) in [7, 11) is 0. The van der Waals surface area contributed by atoms with Crippen LogP contribution in [0, 0.1) is 12.7 Å². The number of aryl methyl sites for hydroxylation is 1. The lowest BCUT2D eigenvalue weighted by Crippen LogP contribution is -1.97. The van der Waals surface area contributed by atoms with Crippen LogP contribution in [0.5, 0.6) is 5.75 Å². The topological polar surface area (TPSA) is 22.4 Å². The Labute approximate surface area is 101 Å². The lowest BCUT2D eigenvalue weighted by molar-refractivity contribution is 0.256. The molecular weight excluding hydrogens is 275 g/mol. The Bertz CT molecular complexity index is 494. The first kappa shape index (κ1) is 11.2. The molecule has 1 heterocycles. The van der Waals surface area contributed by atoms with Gasteiger partial charge in [0.05, 0.1) is 0 Å². The van der Waals surface area contributed by atoms with E-state index in [0.717, 1.165) is 0 Å². The quantitative estimate of drug-likeness (QED) is 0.848. The van der Waals surface area contributed by atoms with Gasteiger partial charge in [-0.2, -0.15) is 0 Å². The Hall–Kier alpha value is -1.29. The van der Waals surface area contributed by atoms with E-state index in [1.807, 2.05) is 0 Å². The molecule has 0 spiro atoms. The highest BCUT2D eigenvalue weighted by molar-refractivity contribution is 9.10. The van der Waals surface area contributed by atoms with E-state index in [-0.39, 0.29) is 18.2 Å². The number of benzene rings is 1. The van der Waals surface area contributed by atoms with Gasteiger partial charge < -0.3 is 9.15 Å². The third-order valence-corrected chi connectivity index (χ3v) is 2.58. The van der Waals surface area contributed by atoms with Gasteiger partial charge in [0.1, 0.15) is 12.4 Å². The van der Waals surface area contributed by atoms with Gasteiger partial charge in [-0.05, 0) is 46.6 Å². The Kier molecular flexibility index (Phi) is 3.29. The Morgan fingerprint density at radius 1 is 1.31 bits per heavy atom. The van der Waals surface area contributed by atoms with Crippen LogP contribution in [0.1, 0.15) is 11.3 Å². The van der Waals surface area contributed by atoms with Gasteiger partial charge in [0, 0.05) is 0 Å². The first-order valence-corrected chi connectivity index (χ1v) is 5.58. The molecule has 0 saturated carbocycles. The molecule has 84 valence electrons. The van der Waals surface area contributed by atoms with Crippen LogP contribution in [0.25, 0.3) is 0 Å². The first-order valence-electron chi connectivity index (χ1n) is 4.79. The molecule has 16 heavy (non-hydrogen) atoms. The van der Waals surface area contributed by atoms with E-state index in [1.165, 1.54) is 0 Å². The molecule has 0 amide bonds. The molecule has 0 unspecified atom stereocenters. The zero-order valence-electron chi connectivity index (χ0n) is 8.67. The van der Waals surface area contributed by atoms with Crippen LogP contribution < -0.4 is 4.74 Å². The summed E-state index contributed by atoms with van der Waals surface area (Å²) < 4.78 is 24.8. The molecule has 2 nitrogen and oxygen atoms in total. The monoisotopic (exact) mass is 284 g/mol. The molecule has 0 aliphatic rings. The van der Waals surface area contributed by atoms with Crippen LogP contribution in [0.15, 0.2) is 39.4 Å². The van der Waals surface area contributed by atoms with Crippen molar-refractivity contribution in [3.05, 3.63) is 52.1 Å². The summed E-state index contributed by atoms with van der Waals surface area (Å²) in [6, 6.07) is 8.60. The highest BCUT2D eigenvalue weighted by Crippen LogP contribution is 2.22. The first-order chi connectivity index (χ1) is 7.66. The highest BCUT2D eigenvalue weighted by atomic mass is 79.9. The second kappa shape index (κ2) is 4.70.